The van der Waals surface area contributed by atoms with Crippen LogP contribution in [0, 0.1) is 6.67 Å². The maximum atomic E-state index is 11.4. The summed E-state index contributed by atoms with van der Waals surface area (Å²) in [5, 5.41) is 7.05. The SMILES string of the molecule is NC(=O)c1ccc2c(c1)N[CH]N2C1CCC(NCc2ccc(-c3ccccc3)cc2)CC1. The summed E-state index contributed by atoms with van der Waals surface area (Å²) in [7, 11) is 0. The molecule has 1 saturated carbocycles. The summed E-state index contributed by atoms with van der Waals surface area (Å²) in [5.41, 5.74) is 11.9. The lowest BCUT2D eigenvalue weighted by molar-refractivity contribution is 0.100. The standard InChI is InChI=1S/C27H29N4O/c28-27(32)22-10-15-26-25(16-22)30-18-31(26)24-13-11-23(12-14-24)29-17-19-6-8-21(9-7-19)20-4-2-1-3-5-20/h1-10,15-16,18,23-24,29-30H,11-14,17H2,(H2,28,32). The van der Waals surface area contributed by atoms with Crippen molar-refractivity contribution < 1.29 is 4.79 Å². The van der Waals surface area contributed by atoms with Gasteiger partial charge in [-0.25, -0.2) is 0 Å². The quantitative estimate of drug-likeness (QED) is 0.525. The van der Waals surface area contributed by atoms with E-state index in [1.54, 1.807) is 0 Å². The zero-order valence-corrected chi connectivity index (χ0v) is 18.1. The summed E-state index contributed by atoms with van der Waals surface area (Å²) in [4.78, 5) is 13.7. The molecule has 0 aromatic heterocycles. The maximum Gasteiger partial charge on any atom is 0.248 e. The zero-order valence-electron chi connectivity index (χ0n) is 18.1. The number of nitrogens with one attached hydrogen (secondary N) is 2. The number of nitrogens with zero attached hydrogens (tertiary/aromatic N) is 1. The molecule has 1 amide bonds. The van der Waals surface area contributed by atoms with E-state index in [9.17, 15) is 4.79 Å². The fourth-order valence-corrected chi connectivity index (χ4v) is 4.81. The van der Waals surface area contributed by atoms with Crippen molar-refractivity contribution in [1.82, 2.24) is 5.32 Å². The molecule has 0 bridgehead atoms. The Bertz CT molecular complexity index is 1070. The van der Waals surface area contributed by atoms with Crippen LogP contribution in [0.3, 0.4) is 0 Å². The van der Waals surface area contributed by atoms with Crippen LogP contribution in [0.4, 0.5) is 11.4 Å². The predicted molar refractivity (Wildman–Crippen MR) is 130 cm³/mol. The smallest absolute Gasteiger partial charge is 0.248 e. The van der Waals surface area contributed by atoms with Crippen molar-refractivity contribution in [2.75, 3.05) is 10.2 Å². The van der Waals surface area contributed by atoms with Crippen LogP contribution < -0.4 is 21.3 Å². The molecule has 1 fully saturated rings. The van der Waals surface area contributed by atoms with Gasteiger partial charge >= 0.3 is 0 Å². The number of hydrogen-bond donors (Lipinski definition) is 3. The number of hydrogen-bond acceptors (Lipinski definition) is 4. The number of carbonyl (C=O) groups excluding carboxylic acids is 1. The monoisotopic (exact) mass is 425 g/mol. The molecule has 2 aliphatic rings. The van der Waals surface area contributed by atoms with Crippen molar-refractivity contribution in [3.05, 3.63) is 90.6 Å². The van der Waals surface area contributed by atoms with Gasteiger partial charge in [0, 0.05) is 24.2 Å². The number of anilines is 2. The predicted octanol–water partition coefficient (Wildman–Crippen LogP) is 4.90. The normalized spacial score (nSPS) is 19.9. The summed E-state index contributed by atoms with van der Waals surface area (Å²) in [6, 6.07) is 26.0. The van der Waals surface area contributed by atoms with Crippen molar-refractivity contribution >= 4 is 17.3 Å². The fraction of sp³-hybridized carbons (Fsp3) is 0.259. The van der Waals surface area contributed by atoms with Gasteiger partial charge in [0.25, 0.3) is 0 Å². The lowest BCUT2D eigenvalue weighted by Gasteiger charge is -2.35. The van der Waals surface area contributed by atoms with Crippen LogP contribution in [0.25, 0.3) is 11.1 Å². The van der Waals surface area contributed by atoms with Gasteiger partial charge in [-0.3, -0.25) is 4.79 Å². The first-order valence-electron chi connectivity index (χ1n) is 11.4. The maximum absolute atomic E-state index is 11.4. The minimum absolute atomic E-state index is 0.394. The van der Waals surface area contributed by atoms with E-state index in [0.717, 1.165) is 43.6 Å². The molecule has 1 heterocycles. The van der Waals surface area contributed by atoms with Crippen molar-refractivity contribution in [3.63, 3.8) is 0 Å². The van der Waals surface area contributed by atoms with E-state index >= 15 is 0 Å². The molecule has 32 heavy (non-hydrogen) atoms. The second-order valence-corrected chi connectivity index (χ2v) is 8.73. The molecule has 163 valence electrons. The number of nitrogens with two attached hydrogens (primary N) is 1. The van der Waals surface area contributed by atoms with Crippen LogP contribution in [0.15, 0.2) is 72.8 Å². The molecule has 0 spiro atoms. The molecular formula is C27H29N4O. The lowest BCUT2D eigenvalue weighted by atomic mass is 9.90. The second kappa shape index (κ2) is 9.05. The summed E-state index contributed by atoms with van der Waals surface area (Å²) in [5.74, 6) is -0.394. The van der Waals surface area contributed by atoms with Crippen LogP contribution in [-0.4, -0.2) is 18.0 Å². The molecule has 5 rings (SSSR count). The molecule has 3 aromatic carbocycles. The molecule has 0 unspecified atom stereocenters. The van der Waals surface area contributed by atoms with Crippen molar-refractivity contribution in [2.45, 2.75) is 44.3 Å². The Morgan fingerprint density at radius 1 is 0.938 bits per heavy atom. The number of amides is 1. The Hall–Kier alpha value is -3.31. The molecule has 1 aliphatic heterocycles. The van der Waals surface area contributed by atoms with Gasteiger partial charge in [-0.2, -0.15) is 0 Å². The molecule has 0 atom stereocenters. The zero-order chi connectivity index (χ0) is 21.9. The number of rotatable bonds is 6. The van der Waals surface area contributed by atoms with Gasteiger partial charge in [0.1, 0.15) is 6.67 Å². The van der Waals surface area contributed by atoms with Crippen LogP contribution in [-0.2, 0) is 6.54 Å². The average molecular weight is 426 g/mol. The van der Waals surface area contributed by atoms with Gasteiger partial charge in [0.2, 0.25) is 5.91 Å². The lowest BCUT2D eigenvalue weighted by Crippen LogP contribution is -2.40. The van der Waals surface area contributed by atoms with E-state index in [1.165, 1.54) is 16.7 Å². The van der Waals surface area contributed by atoms with E-state index in [-0.39, 0.29) is 0 Å². The highest BCUT2D eigenvalue weighted by atomic mass is 16.1. The first kappa shape index (κ1) is 20.6. The molecule has 5 nitrogen and oxygen atoms in total. The number of benzene rings is 3. The number of carbonyl (C=O) groups is 1. The summed E-state index contributed by atoms with van der Waals surface area (Å²) in [6.07, 6.45) is 4.59. The number of primary amides is 1. The van der Waals surface area contributed by atoms with Crippen LogP contribution >= 0.6 is 0 Å². The highest BCUT2D eigenvalue weighted by molar-refractivity contribution is 5.96. The van der Waals surface area contributed by atoms with Gasteiger partial charge in [-0.05, 0) is 60.6 Å². The Labute approximate surface area is 189 Å². The highest BCUT2D eigenvalue weighted by Crippen LogP contribution is 2.38. The van der Waals surface area contributed by atoms with Gasteiger partial charge in [-0.15, -0.1) is 0 Å². The minimum Gasteiger partial charge on any atom is -0.366 e. The third kappa shape index (κ3) is 4.34. The van der Waals surface area contributed by atoms with Gasteiger partial charge in [0.05, 0.1) is 11.4 Å². The van der Waals surface area contributed by atoms with E-state index in [2.05, 4.69) is 64.1 Å². The first-order chi connectivity index (χ1) is 15.7. The third-order valence-corrected chi connectivity index (χ3v) is 6.66. The molecule has 0 saturated heterocycles. The van der Waals surface area contributed by atoms with Crippen LogP contribution in [0.1, 0.15) is 41.6 Å². The Morgan fingerprint density at radius 2 is 1.66 bits per heavy atom. The van der Waals surface area contributed by atoms with Crippen LogP contribution in [0.5, 0.6) is 0 Å². The van der Waals surface area contributed by atoms with Crippen LogP contribution in [0.2, 0.25) is 0 Å². The highest BCUT2D eigenvalue weighted by Gasteiger charge is 2.30. The molecule has 3 aromatic rings. The molecule has 5 heteroatoms. The topological polar surface area (TPSA) is 70.4 Å². The molecule has 4 N–H and O–H groups in total. The Kier molecular flexibility index (Phi) is 5.82. The van der Waals surface area contributed by atoms with Gasteiger partial charge in [0.15, 0.2) is 0 Å². The molecule has 1 aliphatic carbocycles. The summed E-state index contributed by atoms with van der Waals surface area (Å²) < 4.78 is 0. The van der Waals surface area contributed by atoms with Crippen molar-refractivity contribution in [1.29, 1.82) is 0 Å². The van der Waals surface area contributed by atoms with Gasteiger partial charge in [-0.1, -0.05) is 54.6 Å². The molecule has 1 radical (unpaired) electrons. The summed E-state index contributed by atoms with van der Waals surface area (Å²) >= 11 is 0. The average Bonchev–Trinajstić information content (AvgIpc) is 3.27. The van der Waals surface area contributed by atoms with Gasteiger partial charge < -0.3 is 21.3 Å². The fourth-order valence-electron chi connectivity index (χ4n) is 4.81. The minimum atomic E-state index is -0.394. The van der Waals surface area contributed by atoms with Crippen molar-refractivity contribution in [3.8, 4) is 11.1 Å². The Morgan fingerprint density at radius 3 is 2.38 bits per heavy atom. The van der Waals surface area contributed by atoms with E-state index in [1.807, 2.05) is 30.9 Å². The van der Waals surface area contributed by atoms with E-state index in [0.29, 0.717) is 17.6 Å². The largest absolute Gasteiger partial charge is 0.366 e. The van der Waals surface area contributed by atoms with Crippen molar-refractivity contribution in [2.24, 2.45) is 5.73 Å². The third-order valence-electron chi connectivity index (χ3n) is 6.66. The number of fused-ring (bicyclic) bond motifs is 1. The summed E-state index contributed by atoms with van der Waals surface area (Å²) in [6.45, 7) is 2.93. The molecular weight excluding hydrogens is 396 g/mol. The first-order valence-corrected chi connectivity index (χ1v) is 11.4. The van der Waals surface area contributed by atoms with E-state index < -0.39 is 5.91 Å². The van der Waals surface area contributed by atoms with E-state index in [4.69, 9.17) is 5.73 Å². The Balaban J connectivity index is 1.13. The second-order valence-electron chi connectivity index (χ2n) is 8.73.